The lowest BCUT2D eigenvalue weighted by molar-refractivity contribution is 0.528. The SMILES string of the molecule is CNC(C)CC1c2ccc(F)cc2CCc2cc(F)ccc21. The maximum absolute atomic E-state index is 13.6. The van der Waals surface area contributed by atoms with E-state index in [4.69, 9.17) is 0 Å². The third-order valence-electron chi connectivity index (χ3n) is 4.71. The molecule has 1 aliphatic carbocycles. The van der Waals surface area contributed by atoms with Crippen LogP contribution < -0.4 is 5.32 Å². The highest BCUT2D eigenvalue weighted by atomic mass is 19.1. The maximum atomic E-state index is 13.6. The summed E-state index contributed by atoms with van der Waals surface area (Å²) >= 11 is 0. The van der Waals surface area contributed by atoms with E-state index in [9.17, 15) is 8.78 Å². The Hall–Kier alpha value is -1.74. The summed E-state index contributed by atoms with van der Waals surface area (Å²) in [5.74, 6) is -0.219. The van der Waals surface area contributed by atoms with E-state index in [-0.39, 0.29) is 17.6 Å². The molecular formula is C19H21F2N. The first-order valence-electron chi connectivity index (χ1n) is 7.82. The molecule has 0 radical (unpaired) electrons. The predicted octanol–water partition coefficient (Wildman–Crippen LogP) is 4.19. The molecule has 0 aromatic heterocycles. The van der Waals surface area contributed by atoms with Gasteiger partial charge in [0.1, 0.15) is 11.6 Å². The summed E-state index contributed by atoms with van der Waals surface area (Å²) in [5, 5.41) is 3.27. The van der Waals surface area contributed by atoms with Gasteiger partial charge in [0.15, 0.2) is 0 Å². The topological polar surface area (TPSA) is 12.0 Å². The Morgan fingerprint density at radius 3 is 1.95 bits per heavy atom. The molecule has 22 heavy (non-hydrogen) atoms. The van der Waals surface area contributed by atoms with E-state index in [1.54, 1.807) is 12.1 Å². The van der Waals surface area contributed by atoms with Gasteiger partial charge in [-0.25, -0.2) is 8.78 Å². The molecule has 1 N–H and O–H groups in total. The number of benzene rings is 2. The van der Waals surface area contributed by atoms with Crippen LogP contribution in [0.3, 0.4) is 0 Å². The Bertz CT molecular complexity index is 628. The van der Waals surface area contributed by atoms with E-state index < -0.39 is 0 Å². The van der Waals surface area contributed by atoms with Crippen LogP contribution in [0, 0.1) is 11.6 Å². The van der Waals surface area contributed by atoms with Crippen molar-refractivity contribution in [1.82, 2.24) is 5.32 Å². The van der Waals surface area contributed by atoms with E-state index in [1.807, 2.05) is 19.2 Å². The van der Waals surface area contributed by atoms with Crippen molar-refractivity contribution in [3.63, 3.8) is 0 Å². The highest BCUT2D eigenvalue weighted by Crippen LogP contribution is 2.37. The van der Waals surface area contributed by atoms with Crippen molar-refractivity contribution >= 4 is 0 Å². The summed E-state index contributed by atoms with van der Waals surface area (Å²) in [5.41, 5.74) is 4.44. The molecule has 2 aromatic rings. The molecule has 0 aliphatic heterocycles. The Labute approximate surface area is 130 Å². The summed E-state index contributed by atoms with van der Waals surface area (Å²) in [6.45, 7) is 2.14. The first-order valence-corrected chi connectivity index (χ1v) is 7.82. The maximum Gasteiger partial charge on any atom is 0.123 e. The van der Waals surface area contributed by atoms with Crippen LogP contribution in [0.1, 0.15) is 41.5 Å². The third kappa shape index (κ3) is 2.91. The van der Waals surface area contributed by atoms with Gasteiger partial charge >= 0.3 is 0 Å². The fraction of sp³-hybridized carbons (Fsp3) is 0.368. The van der Waals surface area contributed by atoms with E-state index in [0.29, 0.717) is 6.04 Å². The van der Waals surface area contributed by atoms with Crippen molar-refractivity contribution in [1.29, 1.82) is 0 Å². The molecular weight excluding hydrogens is 280 g/mol. The number of hydrogen-bond donors (Lipinski definition) is 1. The van der Waals surface area contributed by atoms with Crippen molar-refractivity contribution in [3.8, 4) is 0 Å². The van der Waals surface area contributed by atoms with E-state index in [0.717, 1.165) is 30.4 Å². The van der Waals surface area contributed by atoms with E-state index in [1.165, 1.54) is 23.3 Å². The predicted molar refractivity (Wildman–Crippen MR) is 85.2 cm³/mol. The van der Waals surface area contributed by atoms with Crippen LogP contribution in [0.2, 0.25) is 0 Å². The molecule has 0 amide bonds. The molecule has 1 unspecified atom stereocenters. The zero-order valence-electron chi connectivity index (χ0n) is 13.0. The highest BCUT2D eigenvalue weighted by Gasteiger charge is 2.25. The number of halogens is 2. The zero-order chi connectivity index (χ0) is 15.7. The molecule has 0 saturated heterocycles. The molecule has 0 bridgehead atoms. The molecule has 1 nitrogen and oxygen atoms in total. The number of hydrogen-bond acceptors (Lipinski definition) is 1. The van der Waals surface area contributed by atoms with Crippen LogP contribution in [0.15, 0.2) is 36.4 Å². The molecule has 1 atom stereocenters. The first kappa shape index (κ1) is 15.2. The van der Waals surface area contributed by atoms with Crippen LogP contribution >= 0.6 is 0 Å². The van der Waals surface area contributed by atoms with Crippen LogP contribution in [0.5, 0.6) is 0 Å². The third-order valence-corrected chi connectivity index (χ3v) is 4.71. The minimum absolute atomic E-state index is 0.177. The average Bonchev–Trinajstić information content (AvgIpc) is 2.64. The highest BCUT2D eigenvalue weighted by molar-refractivity contribution is 5.45. The molecule has 1 aliphatic rings. The van der Waals surface area contributed by atoms with Gasteiger partial charge in [0.05, 0.1) is 0 Å². The number of fused-ring (bicyclic) bond motifs is 2. The lowest BCUT2D eigenvalue weighted by Crippen LogP contribution is -2.24. The van der Waals surface area contributed by atoms with Crippen molar-refractivity contribution < 1.29 is 8.78 Å². The van der Waals surface area contributed by atoms with Gasteiger partial charge in [0.25, 0.3) is 0 Å². The normalized spacial score (nSPS) is 15.8. The van der Waals surface area contributed by atoms with E-state index >= 15 is 0 Å². The standard InChI is InChI=1S/C19H21F2N/c1-12(22-2)9-19-17-7-5-15(20)10-13(17)3-4-14-11-16(21)6-8-18(14)19/h5-8,10-12,19,22H,3-4,9H2,1-2H3. The summed E-state index contributed by atoms with van der Waals surface area (Å²) in [4.78, 5) is 0. The lowest BCUT2D eigenvalue weighted by Gasteiger charge is -2.23. The summed E-state index contributed by atoms with van der Waals surface area (Å²) in [7, 11) is 1.94. The Morgan fingerprint density at radius 1 is 1.00 bits per heavy atom. The minimum Gasteiger partial charge on any atom is -0.317 e. The first-order chi connectivity index (χ1) is 10.6. The minimum atomic E-state index is -0.198. The fourth-order valence-electron chi connectivity index (χ4n) is 3.42. The van der Waals surface area contributed by atoms with Crippen LogP contribution in [-0.2, 0) is 12.8 Å². The number of rotatable bonds is 3. The van der Waals surface area contributed by atoms with Crippen molar-refractivity contribution in [3.05, 3.63) is 70.3 Å². The van der Waals surface area contributed by atoms with Crippen molar-refractivity contribution in [2.45, 2.75) is 38.1 Å². The largest absolute Gasteiger partial charge is 0.317 e. The van der Waals surface area contributed by atoms with Gasteiger partial charge < -0.3 is 5.32 Å². The second-order valence-electron chi connectivity index (χ2n) is 6.16. The van der Waals surface area contributed by atoms with Crippen molar-refractivity contribution in [2.24, 2.45) is 0 Å². The van der Waals surface area contributed by atoms with Crippen LogP contribution in [-0.4, -0.2) is 13.1 Å². The zero-order valence-corrected chi connectivity index (χ0v) is 13.0. The Morgan fingerprint density at radius 2 is 1.50 bits per heavy atom. The van der Waals surface area contributed by atoms with Gasteiger partial charge in [-0.05, 0) is 79.8 Å². The monoisotopic (exact) mass is 301 g/mol. The van der Waals surface area contributed by atoms with Crippen LogP contribution in [0.4, 0.5) is 8.78 Å². The fourth-order valence-corrected chi connectivity index (χ4v) is 3.42. The molecule has 116 valence electrons. The molecule has 0 saturated carbocycles. The van der Waals surface area contributed by atoms with Gasteiger partial charge in [-0.15, -0.1) is 0 Å². The number of aryl methyl sites for hydroxylation is 2. The van der Waals surface area contributed by atoms with Crippen LogP contribution in [0.25, 0.3) is 0 Å². The lowest BCUT2D eigenvalue weighted by atomic mass is 9.83. The number of nitrogens with one attached hydrogen (secondary N) is 1. The average molecular weight is 301 g/mol. The quantitative estimate of drug-likeness (QED) is 0.896. The van der Waals surface area contributed by atoms with Gasteiger partial charge in [0.2, 0.25) is 0 Å². The molecule has 3 heteroatoms. The second kappa shape index (κ2) is 6.17. The molecule has 0 fully saturated rings. The Kier molecular flexibility index (Phi) is 4.25. The molecule has 2 aromatic carbocycles. The molecule has 3 rings (SSSR count). The summed E-state index contributed by atoms with van der Waals surface area (Å²) < 4.78 is 27.2. The Balaban J connectivity index is 2.11. The van der Waals surface area contributed by atoms with Gasteiger partial charge in [-0.1, -0.05) is 12.1 Å². The van der Waals surface area contributed by atoms with E-state index in [2.05, 4.69) is 12.2 Å². The summed E-state index contributed by atoms with van der Waals surface area (Å²) in [6.07, 6.45) is 2.43. The van der Waals surface area contributed by atoms with Gasteiger partial charge in [-0.3, -0.25) is 0 Å². The molecule has 0 spiro atoms. The second-order valence-corrected chi connectivity index (χ2v) is 6.16. The molecule has 0 heterocycles. The smallest absolute Gasteiger partial charge is 0.123 e. The van der Waals surface area contributed by atoms with Gasteiger partial charge in [0, 0.05) is 12.0 Å². The van der Waals surface area contributed by atoms with Crippen molar-refractivity contribution in [2.75, 3.05) is 7.05 Å². The van der Waals surface area contributed by atoms with Gasteiger partial charge in [-0.2, -0.15) is 0 Å². The summed E-state index contributed by atoms with van der Waals surface area (Å²) in [6, 6.07) is 10.5.